The Hall–Kier alpha value is -15.0. The van der Waals surface area contributed by atoms with Crippen molar-refractivity contribution in [1.82, 2.24) is 9.13 Å². The second-order valence-electron chi connectivity index (χ2n) is 35.7. The number of hydrogen-bond acceptors (Lipinski definition) is 0. The second kappa shape index (κ2) is 25.3. The highest BCUT2D eigenvalue weighted by Crippen LogP contribution is 2.67. The van der Waals surface area contributed by atoms with Crippen molar-refractivity contribution in [2.75, 3.05) is 0 Å². The second-order valence-corrected chi connectivity index (χ2v) is 35.7. The van der Waals surface area contributed by atoms with Crippen LogP contribution in [0.25, 0.3) is 179 Å². The lowest BCUT2D eigenvalue weighted by molar-refractivity contribution is 0.660. The monoisotopic (exact) mass is 1550 g/mol. The van der Waals surface area contributed by atoms with Gasteiger partial charge in [0.25, 0.3) is 0 Å². The molecule has 0 aliphatic heterocycles. The summed E-state index contributed by atoms with van der Waals surface area (Å²) in [7, 11) is 0. The average molecular weight is 1550 g/mol. The first-order valence-electron chi connectivity index (χ1n) is 43.1. The highest BCUT2D eigenvalue weighted by molar-refractivity contribution is 6.12. The van der Waals surface area contributed by atoms with Gasteiger partial charge < -0.3 is 9.13 Å². The van der Waals surface area contributed by atoms with E-state index in [0.717, 1.165) is 11.1 Å². The predicted octanol–water partition coefficient (Wildman–Crippen LogP) is 30.5. The summed E-state index contributed by atoms with van der Waals surface area (Å²) in [5.74, 6) is 0. The zero-order valence-electron chi connectivity index (χ0n) is 68.2. The number of rotatable bonds is 9. The smallest absolute Gasteiger partial charge is 0.0725 e. The van der Waals surface area contributed by atoms with Crippen molar-refractivity contribution < 1.29 is 0 Å². The van der Waals surface area contributed by atoms with Gasteiger partial charge in [0.05, 0.1) is 32.9 Å². The van der Waals surface area contributed by atoms with E-state index in [4.69, 9.17) is 0 Å². The highest BCUT2D eigenvalue weighted by Gasteiger charge is 2.54. The van der Waals surface area contributed by atoms with Crippen LogP contribution in [0.1, 0.15) is 117 Å². The maximum Gasteiger partial charge on any atom is 0.0725 e. The van der Waals surface area contributed by atoms with E-state index in [0.29, 0.717) is 0 Å². The van der Waals surface area contributed by atoms with Gasteiger partial charge in [0.15, 0.2) is 0 Å². The Morgan fingerprint density at radius 2 is 0.418 bits per heavy atom. The van der Waals surface area contributed by atoms with Gasteiger partial charge in [0.1, 0.15) is 0 Å². The van der Waals surface area contributed by atoms with Gasteiger partial charge >= 0.3 is 0 Å². The SMILES string of the molecule is CC1(C)c2ccccc2-c2ccc(-n3c4ccccc4c4cc(/C=C/c5ccc(-c6ccc7c(c6)C6(c8ccccc8-c8ccccc86)c6cc(-c8ccc9c(c8)C8(c%10ccccc%10-c%10ccccc%108)c8cc(-c%10ccc(/C=C/c%11ccc%12c(c%11)c%11ccccc%11n%12-c%11ccc%12c(c%11)C(C)(C)c%11ccccc%11-%12)cc%10)ccc8-9)ccc6-7)cc5)ccc43)cc21. The average Bonchev–Trinajstić information content (AvgIpc) is 1.51. The molecule has 2 spiro atoms. The third-order valence-corrected chi connectivity index (χ3v) is 29.0. The van der Waals surface area contributed by atoms with Crippen LogP contribution in [0.2, 0.25) is 0 Å². The van der Waals surface area contributed by atoms with Crippen LogP contribution in [-0.2, 0) is 21.7 Å². The fraction of sp³-hybridized carbons (Fsp3) is 0.0667. The standard InChI is InChI=1S/C120H80N2/c1-117(2)101-29-13-5-21-85(101)91-61-55-83(71-107(91)117)121-113-35-19-11-27-97(113)99-65-75(45-63-115(99)121)39-37-73-41-47-77(48-42-73)79-51-57-93-95-59-53-81(69-111(95)119(109(93)67-79)103-31-15-7-23-87(103)88-24-8-16-32-104(88)119)82-54-60-96-94-58-52-80(68-110(94)120(112(96)70-82)105-33-17-9-25-89(105)90-26-10-18-34-106(90)120)78-49-43-74(44-50-78)38-40-76-46-64-116-100(66-76)98-28-12-20-36-114(98)122(116)84-56-62-92-86-22-6-14-30-102(86)118(3,4)108(92)72-84/h5-72H,1-4H3/b39-37+,40-38+. The van der Waals surface area contributed by atoms with Gasteiger partial charge in [-0.2, -0.15) is 0 Å². The minimum atomic E-state index is -0.567. The van der Waals surface area contributed by atoms with Crippen molar-refractivity contribution in [3.05, 3.63) is 477 Å². The first kappa shape index (κ1) is 69.0. The topological polar surface area (TPSA) is 9.86 Å². The van der Waals surface area contributed by atoms with Crippen LogP contribution in [0.5, 0.6) is 0 Å². The molecule has 0 atom stereocenters. The molecule has 6 aliphatic carbocycles. The minimum absolute atomic E-state index is 0.0867. The number of nitrogens with zero attached hydrogens (tertiary/aromatic N) is 2. The third-order valence-electron chi connectivity index (χ3n) is 29.0. The minimum Gasteiger partial charge on any atom is -0.309 e. The molecule has 2 heterocycles. The molecule has 0 fully saturated rings. The Morgan fingerprint density at radius 1 is 0.172 bits per heavy atom. The van der Waals surface area contributed by atoms with Gasteiger partial charge in [-0.1, -0.05) is 355 Å². The first-order chi connectivity index (χ1) is 60.0. The molecule has 20 aromatic rings. The van der Waals surface area contributed by atoms with E-state index in [1.165, 1.54) is 233 Å². The molecule has 2 heteroatoms. The third kappa shape index (κ3) is 9.44. The van der Waals surface area contributed by atoms with Gasteiger partial charge in [0.2, 0.25) is 0 Å². The van der Waals surface area contributed by atoms with E-state index in [2.05, 4.69) is 449 Å². The maximum atomic E-state index is 2.57. The van der Waals surface area contributed by atoms with Gasteiger partial charge in [-0.25, -0.2) is 0 Å². The molecule has 18 aromatic carbocycles. The van der Waals surface area contributed by atoms with Crippen LogP contribution in [0.3, 0.4) is 0 Å². The number of para-hydroxylation sites is 2. The van der Waals surface area contributed by atoms with Crippen LogP contribution < -0.4 is 0 Å². The van der Waals surface area contributed by atoms with Crippen molar-refractivity contribution >= 4 is 67.9 Å². The Morgan fingerprint density at radius 3 is 0.770 bits per heavy atom. The molecule has 26 rings (SSSR count). The number of hydrogen-bond donors (Lipinski definition) is 0. The Balaban J connectivity index is 0.524. The molecule has 2 nitrogen and oxygen atoms in total. The molecule has 0 bridgehead atoms. The molecule has 0 saturated carbocycles. The molecule has 2 aromatic heterocycles. The van der Waals surface area contributed by atoms with Crippen LogP contribution in [0.4, 0.5) is 0 Å². The number of aromatic nitrogens is 2. The van der Waals surface area contributed by atoms with Gasteiger partial charge in [-0.15, -0.1) is 0 Å². The summed E-state index contributed by atoms with van der Waals surface area (Å²) in [6, 6.07) is 148. The largest absolute Gasteiger partial charge is 0.309 e. The Bertz CT molecular complexity index is 7490. The quantitative estimate of drug-likeness (QED) is 0.128. The summed E-state index contributed by atoms with van der Waals surface area (Å²) in [5, 5.41) is 5.01. The molecule has 0 amide bonds. The normalized spacial score (nSPS) is 14.8. The number of benzene rings is 18. The lowest BCUT2D eigenvalue weighted by atomic mass is 9.69. The Kier molecular flexibility index (Phi) is 14.3. The van der Waals surface area contributed by atoms with Gasteiger partial charge in [-0.05, 0) is 274 Å². The summed E-state index contributed by atoms with van der Waals surface area (Å²) in [6.07, 6.45) is 9.07. The molecule has 0 radical (unpaired) electrons. The van der Waals surface area contributed by atoms with Crippen molar-refractivity contribution in [3.63, 3.8) is 0 Å². The van der Waals surface area contributed by atoms with E-state index < -0.39 is 10.8 Å². The van der Waals surface area contributed by atoms with Crippen LogP contribution in [-0.4, -0.2) is 9.13 Å². The van der Waals surface area contributed by atoms with E-state index in [-0.39, 0.29) is 10.8 Å². The summed E-state index contributed by atoms with van der Waals surface area (Å²) < 4.78 is 4.91. The molecule has 122 heavy (non-hydrogen) atoms. The summed E-state index contributed by atoms with van der Waals surface area (Å²) >= 11 is 0. The lowest BCUT2D eigenvalue weighted by Gasteiger charge is -2.31. The number of fused-ring (bicyclic) bond motifs is 32. The van der Waals surface area contributed by atoms with Crippen LogP contribution in [0.15, 0.2) is 388 Å². The van der Waals surface area contributed by atoms with Gasteiger partial charge in [-0.3, -0.25) is 0 Å². The Labute approximate surface area is 710 Å². The molecule has 0 saturated heterocycles. The predicted molar refractivity (Wildman–Crippen MR) is 510 cm³/mol. The van der Waals surface area contributed by atoms with Gasteiger partial charge in [0, 0.05) is 43.7 Å². The van der Waals surface area contributed by atoms with E-state index >= 15 is 0 Å². The zero-order chi connectivity index (χ0) is 80.6. The van der Waals surface area contributed by atoms with Crippen LogP contribution in [0, 0.1) is 0 Å². The summed E-state index contributed by atoms with van der Waals surface area (Å²) in [4.78, 5) is 0. The summed E-state index contributed by atoms with van der Waals surface area (Å²) in [6.45, 7) is 9.46. The van der Waals surface area contributed by atoms with E-state index in [9.17, 15) is 0 Å². The highest BCUT2D eigenvalue weighted by atomic mass is 15.0. The molecule has 0 N–H and O–H groups in total. The molecule has 0 unspecified atom stereocenters. The van der Waals surface area contributed by atoms with Crippen molar-refractivity contribution in [1.29, 1.82) is 0 Å². The fourth-order valence-corrected chi connectivity index (χ4v) is 23.4. The van der Waals surface area contributed by atoms with E-state index in [1.807, 2.05) is 0 Å². The van der Waals surface area contributed by atoms with Crippen molar-refractivity contribution in [2.24, 2.45) is 0 Å². The van der Waals surface area contributed by atoms with Crippen molar-refractivity contribution in [2.45, 2.75) is 49.4 Å². The maximum absolute atomic E-state index is 2.57. The van der Waals surface area contributed by atoms with E-state index in [1.54, 1.807) is 0 Å². The lowest BCUT2D eigenvalue weighted by Crippen LogP contribution is -2.26. The molecular weight excluding hydrogens is 1470 g/mol. The molecule has 6 aliphatic rings. The first-order valence-corrected chi connectivity index (χ1v) is 43.1. The van der Waals surface area contributed by atoms with Crippen LogP contribution >= 0.6 is 0 Å². The molecule has 570 valence electrons. The molecular formula is C120H80N2. The summed E-state index contributed by atoms with van der Waals surface area (Å²) in [5.41, 5.74) is 49.6. The fourth-order valence-electron chi connectivity index (χ4n) is 23.4. The zero-order valence-corrected chi connectivity index (χ0v) is 68.2. The van der Waals surface area contributed by atoms with Crippen molar-refractivity contribution in [3.8, 4) is 112 Å².